The molecule has 0 bridgehead atoms. The fourth-order valence-electron chi connectivity index (χ4n) is 2.48. The SMILES string of the molecule is Cc1cc([N+](=O)[O-])nn1CC1(O)CCC(C)CC1. The summed E-state index contributed by atoms with van der Waals surface area (Å²) in [6.45, 7) is 4.30. The normalized spacial score (nSPS) is 28.3. The van der Waals surface area contributed by atoms with Crippen LogP contribution in [0.15, 0.2) is 6.07 Å². The lowest BCUT2D eigenvalue weighted by Gasteiger charge is -2.34. The number of nitro groups is 1. The van der Waals surface area contributed by atoms with E-state index in [1.807, 2.05) is 0 Å². The summed E-state index contributed by atoms with van der Waals surface area (Å²) in [6, 6.07) is 1.44. The van der Waals surface area contributed by atoms with E-state index in [0.29, 0.717) is 18.2 Å². The lowest BCUT2D eigenvalue weighted by molar-refractivity contribution is -0.389. The minimum Gasteiger partial charge on any atom is -0.388 e. The van der Waals surface area contributed by atoms with Crippen LogP contribution in [0.1, 0.15) is 38.3 Å². The van der Waals surface area contributed by atoms with Gasteiger partial charge in [0.15, 0.2) is 0 Å². The molecule has 0 spiro atoms. The van der Waals surface area contributed by atoms with Gasteiger partial charge in [-0.1, -0.05) is 6.92 Å². The molecule has 0 unspecified atom stereocenters. The molecule has 1 aliphatic carbocycles. The van der Waals surface area contributed by atoms with Crippen molar-refractivity contribution in [3.8, 4) is 0 Å². The van der Waals surface area contributed by atoms with Gasteiger partial charge in [-0.3, -0.25) is 0 Å². The molecule has 1 N–H and O–H groups in total. The maximum Gasteiger partial charge on any atom is 0.390 e. The molecule has 0 atom stereocenters. The third-order valence-corrected chi connectivity index (χ3v) is 3.80. The first kappa shape index (κ1) is 13.0. The summed E-state index contributed by atoms with van der Waals surface area (Å²) in [5.74, 6) is 0.499. The smallest absolute Gasteiger partial charge is 0.388 e. The summed E-state index contributed by atoms with van der Waals surface area (Å²) >= 11 is 0. The molecule has 1 aliphatic rings. The average Bonchev–Trinajstić information content (AvgIpc) is 2.65. The Morgan fingerprint density at radius 3 is 2.72 bits per heavy atom. The van der Waals surface area contributed by atoms with Gasteiger partial charge in [-0.15, -0.1) is 0 Å². The van der Waals surface area contributed by atoms with Gasteiger partial charge in [-0.2, -0.15) is 4.68 Å². The molecule has 0 aromatic carbocycles. The Hall–Kier alpha value is -1.43. The predicted molar refractivity (Wildman–Crippen MR) is 66.2 cm³/mol. The zero-order valence-corrected chi connectivity index (χ0v) is 10.8. The first-order chi connectivity index (χ1) is 8.39. The first-order valence-electron chi connectivity index (χ1n) is 6.31. The monoisotopic (exact) mass is 253 g/mol. The number of aliphatic hydroxyl groups is 1. The van der Waals surface area contributed by atoms with Gasteiger partial charge in [0.1, 0.15) is 0 Å². The summed E-state index contributed by atoms with van der Waals surface area (Å²) < 4.78 is 1.55. The largest absolute Gasteiger partial charge is 0.390 e. The molecule has 2 rings (SSSR count). The molecule has 0 radical (unpaired) electrons. The first-order valence-corrected chi connectivity index (χ1v) is 6.31. The van der Waals surface area contributed by atoms with E-state index in [1.54, 1.807) is 11.6 Å². The molecule has 0 aliphatic heterocycles. The van der Waals surface area contributed by atoms with Crippen molar-refractivity contribution in [1.29, 1.82) is 0 Å². The number of nitrogens with zero attached hydrogens (tertiary/aromatic N) is 3. The summed E-state index contributed by atoms with van der Waals surface area (Å²) in [7, 11) is 0. The number of aryl methyl sites for hydroxylation is 1. The average molecular weight is 253 g/mol. The van der Waals surface area contributed by atoms with E-state index in [9.17, 15) is 15.2 Å². The molecule has 6 heteroatoms. The zero-order chi connectivity index (χ0) is 13.3. The van der Waals surface area contributed by atoms with Crippen molar-refractivity contribution in [2.75, 3.05) is 0 Å². The highest BCUT2D eigenvalue weighted by molar-refractivity contribution is 5.21. The van der Waals surface area contributed by atoms with E-state index in [-0.39, 0.29) is 5.82 Å². The van der Waals surface area contributed by atoms with Crippen LogP contribution in [0.3, 0.4) is 0 Å². The maximum absolute atomic E-state index is 10.6. The second-order valence-corrected chi connectivity index (χ2v) is 5.47. The third kappa shape index (κ3) is 2.69. The van der Waals surface area contributed by atoms with Crippen LogP contribution in [-0.2, 0) is 6.54 Å². The van der Waals surface area contributed by atoms with Crippen molar-refractivity contribution >= 4 is 5.82 Å². The van der Waals surface area contributed by atoms with Gasteiger partial charge < -0.3 is 15.2 Å². The Morgan fingerprint density at radius 2 is 2.22 bits per heavy atom. The summed E-state index contributed by atoms with van der Waals surface area (Å²) in [4.78, 5) is 10.1. The molecule has 0 saturated heterocycles. The highest BCUT2D eigenvalue weighted by Gasteiger charge is 2.34. The topological polar surface area (TPSA) is 81.2 Å². The highest BCUT2D eigenvalue weighted by atomic mass is 16.6. The van der Waals surface area contributed by atoms with Crippen molar-refractivity contribution in [3.05, 3.63) is 21.9 Å². The van der Waals surface area contributed by atoms with Crippen molar-refractivity contribution < 1.29 is 10.0 Å². The maximum atomic E-state index is 10.6. The van der Waals surface area contributed by atoms with E-state index < -0.39 is 10.5 Å². The lowest BCUT2D eigenvalue weighted by atomic mass is 9.79. The highest BCUT2D eigenvalue weighted by Crippen LogP contribution is 2.33. The number of rotatable bonds is 3. The van der Waals surface area contributed by atoms with E-state index in [0.717, 1.165) is 25.7 Å². The molecule has 1 fully saturated rings. The fourth-order valence-corrected chi connectivity index (χ4v) is 2.48. The van der Waals surface area contributed by atoms with Gasteiger partial charge in [0.25, 0.3) is 0 Å². The Balaban J connectivity index is 2.11. The Labute approximate surface area is 106 Å². The second-order valence-electron chi connectivity index (χ2n) is 5.47. The van der Waals surface area contributed by atoms with Gasteiger partial charge in [0, 0.05) is 0 Å². The van der Waals surface area contributed by atoms with E-state index in [2.05, 4.69) is 12.0 Å². The number of hydrogen-bond acceptors (Lipinski definition) is 4. The van der Waals surface area contributed by atoms with Crippen LogP contribution in [0.4, 0.5) is 5.82 Å². The van der Waals surface area contributed by atoms with Crippen molar-refractivity contribution in [3.63, 3.8) is 0 Å². The van der Waals surface area contributed by atoms with Crippen LogP contribution in [-0.4, -0.2) is 25.4 Å². The molecule has 18 heavy (non-hydrogen) atoms. The van der Waals surface area contributed by atoms with Crippen LogP contribution in [0, 0.1) is 23.0 Å². The summed E-state index contributed by atoms with van der Waals surface area (Å²) in [5.41, 5.74) is -0.0503. The third-order valence-electron chi connectivity index (χ3n) is 3.80. The molecule has 0 amide bonds. The Bertz CT molecular complexity index is 447. The van der Waals surface area contributed by atoms with Crippen LogP contribution < -0.4 is 0 Å². The van der Waals surface area contributed by atoms with Crippen LogP contribution >= 0.6 is 0 Å². The van der Waals surface area contributed by atoms with Crippen LogP contribution in [0.2, 0.25) is 0 Å². The van der Waals surface area contributed by atoms with E-state index in [1.165, 1.54) is 6.07 Å². The molecular formula is C12H19N3O3. The Kier molecular flexibility index (Phi) is 3.38. The molecule has 6 nitrogen and oxygen atoms in total. The van der Waals surface area contributed by atoms with Crippen LogP contribution in [0.5, 0.6) is 0 Å². The van der Waals surface area contributed by atoms with Gasteiger partial charge in [-0.25, -0.2) is 0 Å². The zero-order valence-electron chi connectivity index (χ0n) is 10.8. The minimum atomic E-state index is -0.767. The lowest BCUT2D eigenvalue weighted by Crippen LogP contribution is -2.38. The van der Waals surface area contributed by atoms with Crippen molar-refractivity contribution in [2.24, 2.45) is 5.92 Å². The summed E-state index contributed by atoms with van der Waals surface area (Å²) in [5, 5.41) is 25.1. The number of aromatic nitrogens is 2. The van der Waals surface area contributed by atoms with Crippen LogP contribution in [0.25, 0.3) is 0 Å². The predicted octanol–water partition coefficient (Wildman–Crippen LogP) is 2.04. The molecular weight excluding hydrogens is 234 g/mol. The molecule has 1 aromatic rings. The van der Waals surface area contributed by atoms with Gasteiger partial charge in [-0.05, 0) is 43.4 Å². The molecule has 1 heterocycles. The van der Waals surface area contributed by atoms with Gasteiger partial charge in [0.2, 0.25) is 0 Å². The molecule has 1 saturated carbocycles. The minimum absolute atomic E-state index is 0.153. The molecule has 100 valence electrons. The van der Waals surface area contributed by atoms with E-state index in [4.69, 9.17) is 0 Å². The number of hydrogen-bond donors (Lipinski definition) is 1. The Morgan fingerprint density at radius 1 is 1.61 bits per heavy atom. The van der Waals surface area contributed by atoms with Crippen molar-refractivity contribution in [2.45, 2.75) is 51.7 Å². The second kappa shape index (κ2) is 4.68. The van der Waals surface area contributed by atoms with E-state index >= 15 is 0 Å². The standard InChI is InChI=1S/C12H19N3O3/c1-9-3-5-12(16,6-4-9)8-14-10(2)7-11(13-14)15(17)18/h7,9,16H,3-6,8H2,1-2H3. The van der Waals surface area contributed by atoms with Gasteiger partial charge >= 0.3 is 5.82 Å². The van der Waals surface area contributed by atoms with Gasteiger partial charge in [0.05, 0.1) is 29.0 Å². The summed E-state index contributed by atoms with van der Waals surface area (Å²) in [6.07, 6.45) is 3.47. The fraction of sp³-hybridized carbons (Fsp3) is 0.750. The molecule has 1 aromatic heterocycles. The quantitative estimate of drug-likeness (QED) is 0.660. The van der Waals surface area contributed by atoms with Crippen molar-refractivity contribution in [1.82, 2.24) is 9.78 Å².